The second-order valence-electron chi connectivity index (χ2n) is 4.01. The maximum absolute atomic E-state index is 12.8. The summed E-state index contributed by atoms with van der Waals surface area (Å²) in [5, 5.41) is 3.18. The Morgan fingerprint density at radius 2 is 2.17 bits per heavy atom. The summed E-state index contributed by atoms with van der Waals surface area (Å²) in [5.74, 6) is -0.660. The smallest absolute Gasteiger partial charge is 0.322 e. The van der Waals surface area contributed by atoms with Gasteiger partial charge in [-0.05, 0) is 25.0 Å². The van der Waals surface area contributed by atoms with Crippen LogP contribution in [-0.2, 0) is 9.53 Å². The quantitative estimate of drug-likeness (QED) is 0.791. The van der Waals surface area contributed by atoms with Crippen LogP contribution in [0.5, 0.6) is 0 Å². The molecule has 4 nitrogen and oxygen atoms in total. The van der Waals surface area contributed by atoms with Crippen LogP contribution < -0.4 is 5.32 Å². The highest BCUT2D eigenvalue weighted by Crippen LogP contribution is 2.16. The third-order valence-corrected chi connectivity index (χ3v) is 2.81. The van der Waals surface area contributed by atoms with Crippen LogP contribution >= 0.6 is 0 Å². The summed E-state index contributed by atoms with van der Waals surface area (Å²) in [7, 11) is 1.36. The van der Waals surface area contributed by atoms with Gasteiger partial charge in [0.15, 0.2) is 0 Å². The number of carbonyl (C=O) groups excluding carboxylic acids is 1. The van der Waals surface area contributed by atoms with Crippen LogP contribution in [0.15, 0.2) is 18.3 Å². The third-order valence-electron chi connectivity index (χ3n) is 2.81. The van der Waals surface area contributed by atoms with Crippen LogP contribution in [0.2, 0.25) is 0 Å². The molecule has 2 unspecified atom stereocenters. The van der Waals surface area contributed by atoms with Gasteiger partial charge in [0.25, 0.3) is 0 Å². The Bertz CT molecular complexity index is 381. The Labute approximate surface area is 107 Å². The zero-order valence-electron chi connectivity index (χ0n) is 10.9. The molecule has 0 saturated carbocycles. The van der Waals surface area contributed by atoms with Gasteiger partial charge in [0, 0.05) is 6.04 Å². The average molecular weight is 254 g/mol. The molecule has 0 fully saturated rings. The van der Waals surface area contributed by atoms with Gasteiger partial charge in [-0.15, -0.1) is 0 Å². The number of pyridine rings is 1. The van der Waals surface area contributed by atoms with E-state index in [1.807, 2.05) is 13.8 Å². The van der Waals surface area contributed by atoms with Crippen LogP contribution in [0.25, 0.3) is 0 Å². The predicted octanol–water partition coefficient (Wildman–Crippen LogP) is 2.21. The van der Waals surface area contributed by atoms with Crippen LogP contribution in [0.3, 0.4) is 0 Å². The van der Waals surface area contributed by atoms with Crippen LogP contribution in [-0.4, -0.2) is 24.1 Å². The SMILES string of the molecule is CCC(NC(CC)c1ccc(F)cn1)C(=O)OC. The lowest BCUT2D eigenvalue weighted by molar-refractivity contribution is -0.143. The number of rotatable bonds is 6. The lowest BCUT2D eigenvalue weighted by Gasteiger charge is -2.22. The van der Waals surface area contributed by atoms with Gasteiger partial charge >= 0.3 is 5.97 Å². The molecule has 1 heterocycles. The third kappa shape index (κ3) is 3.77. The molecule has 2 atom stereocenters. The van der Waals surface area contributed by atoms with Crippen molar-refractivity contribution in [3.8, 4) is 0 Å². The van der Waals surface area contributed by atoms with Crippen molar-refractivity contribution in [2.24, 2.45) is 0 Å². The van der Waals surface area contributed by atoms with Crippen LogP contribution in [0, 0.1) is 5.82 Å². The molecule has 0 spiro atoms. The largest absolute Gasteiger partial charge is 0.468 e. The van der Waals surface area contributed by atoms with Crippen LogP contribution in [0.1, 0.15) is 38.4 Å². The van der Waals surface area contributed by atoms with Gasteiger partial charge in [0.1, 0.15) is 11.9 Å². The Kier molecular flexibility index (Phi) is 5.71. The Morgan fingerprint density at radius 3 is 2.61 bits per heavy atom. The molecule has 1 rings (SSSR count). The maximum Gasteiger partial charge on any atom is 0.322 e. The number of halogens is 1. The van der Waals surface area contributed by atoms with E-state index in [1.165, 1.54) is 19.4 Å². The number of nitrogens with one attached hydrogen (secondary N) is 1. The molecule has 0 aromatic carbocycles. The topological polar surface area (TPSA) is 51.2 Å². The number of aromatic nitrogens is 1. The molecule has 0 aliphatic carbocycles. The van der Waals surface area contributed by atoms with Crippen molar-refractivity contribution in [1.29, 1.82) is 0 Å². The van der Waals surface area contributed by atoms with Crippen LogP contribution in [0.4, 0.5) is 4.39 Å². The molecule has 0 saturated heterocycles. The van der Waals surface area contributed by atoms with Crippen molar-refractivity contribution < 1.29 is 13.9 Å². The highest BCUT2D eigenvalue weighted by atomic mass is 19.1. The molecule has 100 valence electrons. The highest BCUT2D eigenvalue weighted by Gasteiger charge is 2.21. The van der Waals surface area contributed by atoms with Crippen molar-refractivity contribution >= 4 is 5.97 Å². The highest BCUT2D eigenvalue weighted by molar-refractivity contribution is 5.75. The van der Waals surface area contributed by atoms with Crippen molar-refractivity contribution in [3.63, 3.8) is 0 Å². The first-order valence-corrected chi connectivity index (χ1v) is 6.07. The Morgan fingerprint density at radius 1 is 1.44 bits per heavy atom. The minimum absolute atomic E-state index is 0.0883. The zero-order chi connectivity index (χ0) is 13.5. The first-order chi connectivity index (χ1) is 8.62. The monoisotopic (exact) mass is 254 g/mol. The normalized spacial score (nSPS) is 14.0. The van der Waals surface area contributed by atoms with Gasteiger partial charge in [0.2, 0.25) is 0 Å². The molecule has 1 N–H and O–H groups in total. The molecule has 0 aliphatic heterocycles. The van der Waals surface area contributed by atoms with Gasteiger partial charge in [-0.25, -0.2) is 4.39 Å². The number of hydrogen-bond donors (Lipinski definition) is 1. The first-order valence-electron chi connectivity index (χ1n) is 6.07. The fourth-order valence-electron chi connectivity index (χ4n) is 1.74. The van der Waals surface area contributed by atoms with Gasteiger partial charge < -0.3 is 4.74 Å². The van der Waals surface area contributed by atoms with Gasteiger partial charge in [-0.1, -0.05) is 13.8 Å². The number of ether oxygens (including phenoxy) is 1. The second-order valence-corrected chi connectivity index (χ2v) is 4.01. The number of carbonyl (C=O) groups is 1. The van der Waals surface area contributed by atoms with E-state index in [0.29, 0.717) is 6.42 Å². The molecule has 18 heavy (non-hydrogen) atoms. The minimum atomic E-state index is -0.369. The lowest BCUT2D eigenvalue weighted by Crippen LogP contribution is -2.39. The maximum atomic E-state index is 12.8. The summed E-state index contributed by atoms with van der Waals surface area (Å²) in [6, 6.07) is 2.54. The van der Waals surface area contributed by atoms with E-state index in [9.17, 15) is 9.18 Å². The Balaban J connectivity index is 2.77. The van der Waals surface area contributed by atoms with E-state index in [-0.39, 0.29) is 23.9 Å². The van der Waals surface area contributed by atoms with Crippen molar-refractivity contribution in [2.75, 3.05) is 7.11 Å². The zero-order valence-corrected chi connectivity index (χ0v) is 10.9. The molecule has 0 amide bonds. The molecule has 1 aromatic rings. The number of nitrogens with zero attached hydrogens (tertiary/aromatic N) is 1. The number of hydrogen-bond acceptors (Lipinski definition) is 4. The molecule has 0 radical (unpaired) electrons. The second kappa shape index (κ2) is 7.06. The summed E-state index contributed by atoms with van der Waals surface area (Å²) < 4.78 is 17.5. The summed E-state index contributed by atoms with van der Waals surface area (Å²) in [5.41, 5.74) is 0.723. The molecule has 0 aliphatic rings. The molecule has 5 heteroatoms. The summed E-state index contributed by atoms with van der Waals surface area (Å²) in [6.07, 6.45) is 2.56. The van der Waals surface area contributed by atoms with E-state index >= 15 is 0 Å². The summed E-state index contributed by atoms with van der Waals surface area (Å²) in [4.78, 5) is 15.5. The molecule has 1 aromatic heterocycles. The van der Waals surface area contributed by atoms with Crippen molar-refractivity contribution in [3.05, 3.63) is 29.8 Å². The molecular formula is C13H19FN2O2. The average Bonchev–Trinajstić information content (AvgIpc) is 2.41. The fraction of sp³-hybridized carbons (Fsp3) is 0.538. The fourth-order valence-corrected chi connectivity index (χ4v) is 1.74. The van der Waals surface area contributed by atoms with Crippen molar-refractivity contribution in [2.45, 2.75) is 38.8 Å². The van der Waals surface area contributed by atoms with E-state index in [2.05, 4.69) is 10.3 Å². The first kappa shape index (κ1) is 14.6. The number of methoxy groups -OCH3 is 1. The number of esters is 1. The van der Waals surface area contributed by atoms with E-state index in [0.717, 1.165) is 12.1 Å². The Hall–Kier alpha value is -1.49. The predicted molar refractivity (Wildman–Crippen MR) is 66.5 cm³/mol. The van der Waals surface area contributed by atoms with E-state index < -0.39 is 0 Å². The summed E-state index contributed by atoms with van der Waals surface area (Å²) >= 11 is 0. The van der Waals surface area contributed by atoms with E-state index in [4.69, 9.17) is 4.74 Å². The molecule has 0 bridgehead atoms. The van der Waals surface area contributed by atoms with Gasteiger partial charge in [-0.3, -0.25) is 15.1 Å². The van der Waals surface area contributed by atoms with Gasteiger partial charge in [-0.2, -0.15) is 0 Å². The van der Waals surface area contributed by atoms with E-state index in [1.54, 1.807) is 6.07 Å². The lowest BCUT2D eigenvalue weighted by atomic mass is 10.1. The summed E-state index contributed by atoms with van der Waals surface area (Å²) in [6.45, 7) is 3.88. The standard InChI is InChI=1S/C13H19FN2O2/c1-4-10(12-7-6-9(14)8-15-12)16-11(5-2)13(17)18-3/h6-8,10-11,16H,4-5H2,1-3H3. The van der Waals surface area contributed by atoms with Crippen molar-refractivity contribution in [1.82, 2.24) is 10.3 Å². The minimum Gasteiger partial charge on any atom is -0.468 e. The molecular weight excluding hydrogens is 235 g/mol. The van der Waals surface area contributed by atoms with Gasteiger partial charge in [0.05, 0.1) is 19.0 Å².